The summed E-state index contributed by atoms with van der Waals surface area (Å²) in [6.45, 7) is 6.91. The first-order chi connectivity index (χ1) is 11.9. The standard InChI is InChI=1S/C21H21N2O2.HI/c1-12(2)11-23-13(3)22(4)18-19(23)21(25)17-10-15-8-6-5-7-14(15)9-16(17)20(18)24;/h5-10,12H,11H2,1-4H3;1H/q+1;/p-1. The topological polar surface area (TPSA) is 43.0 Å². The summed E-state index contributed by atoms with van der Waals surface area (Å²) < 4.78 is 3.86. The van der Waals surface area contributed by atoms with Crippen molar-refractivity contribution < 1.29 is 38.1 Å². The molecule has 4 rings (SSSR count). The largest absolute Gasteiger partial charge is 1.00 e. The lowest BCUT2D eigenvalue weighted by molar-refractivity contribution is -0.679. The minimum absolute atomic E-state index is 0. The van der Waals surface area contributed by atoms with Crippen LogP contribution < -0.4 is 28.5 Å². The van der Waals surface area contributed by atoms with Crippen molar-refractivity contribution in [1.29, 1.82) is 0 Å². The second-order valence-electron chi connectivity index (χ2n) is 7.21. The third kappa shape index (κ3) is 2.60. The van der Waals surface area contributed by atoms with Gasteiger partial charge in [-0.1, -0.05) is 38.1 Å². The molecule has 0 fully saturated rings. The average molecular weight is 460 g/mol. The minimum atomic E-state index is -0.0662. The highest BCUT2D eigenvalue weighted by molar-refractivity contribution is 6.27. The van der Waals surface area contributed by atoms with Gasteiger partial charge in [-0.2, -0.15) is 0 Å². The number of benzene rings is 2. The molecule has 0 aliphatic heterocycles. The third-order valence-corrected chi connectivity index (χ3v) is 5.06. The summed E-state index contributed by atoms with van der Waals surface area (Å²) in [6.07, 6.45) is 0. The Bertz CT molecular complexity index is 1060. The van der Waals surface area contributed by atoms with Crippen LogP contribution in [0.5, 0.6) is 0 Å². The molecular formula is C21H21IN2O2. The molecule has 0 radical (unpaired) electrons. The number of hydrogen-bond acceptors (Lipinski definition) is 2. The number of nitrogens with zero attached hydrogens (tertiary/aromatic N) is 2. The number of hydrogen-bond donors (Lipinski definition) is 0. The maximum absolute atomic E-state index is 13.3. The van der Waals surface area contributed by atoms with Gasteiger partial charge >= 0.3 is 0 Å². The zero-order valence-corrected chi connectivity index (χ0v) is 17.5. The molecule has 0 atom stereocenters. The maximum atomic E-state index is 13.3. The molecule has 0 amide bonds. The lowest BCUT2D eigenvalue weighted by atomic mass is 9.87. The van der Waals surface area contributed by atoms with Gasteiger partial charge in [0.15, 0.2) is 0 Å². The van der Waals surface area contributed by atoms with Crippen molar-refractivity contribution in [3.05, 3.63) is 64.7 Å². The second kappa shape index (κ2) is 6.61. The lowest BCUT2D eigenvalue weighted by Crippen LogP contribution is -3.00. The number of ketones is 2. The number of halogens is 1. The van der Waals surface area contributed by atoms with Crippen molar-refractivity contribution in [2.45, 2.75) is 27.3 Å². The zero-order valence-electron chi connectivity index (χ0n) is 15.3. The van der Waals surface area contributed by atoms with Crippen LogP contribution in [0.4, 0.5) is 0 Å². The number of fused-ring (bicyclic) bond motifs is 3. The molecule has 4 nitrogen and oxygen atoms in total. The number of carbonyl (C=O) groups excluding carboxylic acids is 2. The van der Waals surface area contributed by atoms with Crippen molar-refractivity contribution in [3.63, 3.8) is 0 Å². The van der Waals surface area contributed by atoms with Gasteiger partial charge < -0.3 is 24.0 Å². The lowest BCUT2D eigenvalue weighted by Gasteiger charge is -2.14. The molecule has 0 spiro atoms. The van der Waals surface area contributed by atoms with Gasteiger partial charge in [-0.3, -0.25) is 9.59 Å². The SMILES string of the molecule is Cc1n(CC(C)C)c2c([n+]1C)C(=O)c1cc3ccccc3cc1C2=O.[I-]. The first-order valence-corrected chi connectivity index (χ1v) is 8.61. The fraction of sp³-hybridized carbons (Fsp3) is 0.286. The molecule has 0 bridgehead atoms. The number of aromatic nitrogens is 2. The molecule has 1 aliphatic rings. The van der Waals surface area contributed by atoms with Crippen LogP contribution >= 0.6 is 0 Å². The third-order valence-electron chi connectivity index (χ3n) is 5.06. The van der Waals surface area contributed by atoms with Gasteiger partial charge in [0, 0.05) is 18.1 Å². The Kier molecular flexibility index (Phi) is 4.77. The molecule has 0 saturated heterocycles. The van der Waals surface area contributed by atoms with Crippen LogP contribution in [0, 0.1) is 12.8 Å². The first-order valence-electron chi connectivity index (χ1n) is 8.61. The van der Waals surface area contributed by atoms with Gasteiger partial charge in [0.1, 0.15) is 0 Å². The Morgan fingerprint density at radius 3 is 2.08 bits per heavy atom. The van der Waals surface area contributed by atoms with Gasteiger partial charge in [-0.25, -0.2) is 9.13 Å². The molecule has 1 heterocycles. The molecule has 1 aromatic heterocycles. The number of rotatable bonds is 2. The predicted molar refractivity (Wildman–Crippen MR) is 96.0 cm³/mol. The van der Waals surface area contributed by atoms with Crippen LogP contribution in [0.2, 0.25) is 0 Å². The quantitative estimate of drug-likeness (QED) is 0.317. The summed E-state index contributed by atoms with van der Waals surface area (Å²) in [5.74, 6) is 1.19. The molecular weight excluding hydrogens is 439 g/mol. The van der Waals surface area contributed by atoms with Gasteiger partial charge in [-0.05, 0) is 28.8 Å². The molecule has 134 valence electrons. The Morgan fingerprint density at radius 1 is 1.00 bits per heavy atom. The Balaban J connectivity index is 0.00000196. The van der Waals surface area contributed by atoms with Crippen LogP contribution in [0.1, 0.15) is 51.8 Å². The van der Waals surface area contributed by atoms with Crippen molar-refractivity contribution >= 4 is 22.3 Å². The predicted octanol–water partition coefficient (Wildman–Crippen LogP) is 0.210. The van der Waals surface area contributed by atoms with Gasteiger partial charge in [0.2, 0.25) is 23.0 Å². The Labute approximate surface area is 169 Å². The molecule has 26 heavy (non-hydrogen) atoms. The van der Waals surface area contributed by atoms with E-state index in [0.717, 1.165) is 23.1 Å². The minimum Gasteiger partial charge on any atom is -1.00 e. The summed E-state index contributed by atoms with van der Waals surface area (Å²) in [5, 5.41) is 1.96. The fourth-order valence-electron chi connectivity index (χ4n) is 3.74. The van der Waals surface area contributed by atoms with E-state index in [4.69, 9.17) is 0 Å². The van der Waals surface area contributed by atoms with Crippen molar-refractivity contribution in [2.75, 3.05) is 0 Å². The summed E-state index contributed by atoms with van der Waals surface area (Å²) >= 11 is 0. The average Bonchev–Trinajstić information content (AvgIpc) is 2.83. The first kappa shape index (κ1) is 18.8. The van der Waals surface area contributed by atoms with Gasteiger partial charge in [0.25, 0.3) is 5.82 Å². The van der Waals surface area contributed by atoms with Crippen LogP contribution in [0.15, 0.2) is 36.4 Å². The highest BCUT2D eigenvalue weighted by Crippen LogP contribution is 2.30. The van der Waals surface area contributed by atoms with E-state index in [2.05, 4.69) is 13.8 Å². The van der Waals surface area contributed by atoms with E-state index in [1.807, 2.05) is 59.5 Å². The van der Waals surface area contributed by atoms with E-state index in [-0.39, 0.29) is 35.5 Å². The van der Waals surface area contributed by atoms with E-state index in [0.29, 0.717) is 28.4 Å². The molecule has 5 heteroatoms. The number of imidazole rings is 1. The van der Waals surface area contributed by atoms with Crippen molar-refractivity contribution in [1.82, 2.24) is 4.57 Å². The zero-order chi connectivity index (χ0) is 17.9. The molecule has 0 saturated carbocycles. The van der Waals surface area contributed by atoms with Crippen molar-refractivity contribution in [3.8, 4) is 0 Å². The summed E-state index contributed by atoms with van der Waals surface area (Å²) in [7, 11) is 1.86. The van der Waals surface area contributed by atoms with Gasteiger partial charge in [-0.15, -0.1) is 0 Å². The summed E-state index contributed by atoms with van der Waals surface area (Å²) in [5.41, 5.74) is 2.06. The summed E-state index contributed by atoms with van der Waals surface area (Å²) in [4.78, 5) is 26.5. The fourth-order valence-corrected chi connectivity index (χ4v) is 3.74. The molecule has 2 aromatic carbocycles. The van der Waals surface area contributed by atoms with Crippen LogP contribution in [0.25, 0.3) is 10.8 Å². The van der Waals surface area contributed by atoms with E-state index in [9.17, 15) is 9.59 Å². The van der Waals surface area contributed by atoms with Crippen LogP contribution in [0.3, 0.4) is 0 Å². The maximum Gasteiger partial charge on any atom is 0.254 e. The highest BCUT2D eigenvalue weighted by atomic mass is 127. The highest BCUT2D eigenvalue weighted by Gasteiger charge is 2.42. The summed E-state index contributed by atoms with van der Waals surface area (Å²) in [6, 6.07) is 11.5. The molecule has 0 N–H and O–H groups in total. The molecule has 0 unspecified atom stereocenters. The number of carbonyl (C=O) groups is 2. The van der Waals surface area contributed by atoms with Crippen molar-refractivity contribution in [2.24, 2.45) is 13.0 Å². The van der Waals surface area contributed by atoms with E-state index < -0.39 is 0 Å². The monoisotopic (exact) mass is 460 g/mol. The molecule has 3 aromatic rings. The van der Waals surface area contributed by atoms with E-state index >= 15 is 0 Å². The Hall–Kier alpha value is -2.02. The normalized spacial score (nSPS) is 13.0. The van der Waals surface area contributed by atoms with Crippen LogP contribution in [-0.4, -0.2) is 16.1 Å². The second-order valence-corrected chi connectivity index (χ2v) is 7.21. The van der Waals surface area contributed by atoms with E-state index in [1.165, 1.54) is 0 Å². The van der Waals surface area contributed by atoms with Crippen LogP contribution in [-0.2, 0) is 13.6 Å². The smallest absolute Gasteiger partial charge is 0.254 e. The van der Waals surface area contributed by atoms with Gasteiger partial charge in [0.05, 0.1) is 13.6 Å². The molecule has 1 aliphatic carbocycles. The van der Waals surface area contributed by atoms with E-state index in [1.54, 1.807) is 0 Å². The Morgan fingerprint density at radius 2 is 1.54 bits per heavy atom.